The maximum absolute atomic E-state index is 11.9. The van der Waals surface area contributed by atoms with Crippen LogP contribution in [0.5, 0.6) is 0 Å². The molecule has 1 aliphatic heterocycles. The summed E-state index contributed by atoms with van der Waals surface area (Å²) >= 11 is 0. The van der Waals surface area contributed by atoms with Crippen molar-refractivity contribution in [2.75, 3.05) is 19.8 Å². The van der Waals surface area contributed by atoms with E-state index in [2.05, 4.69) is 4.72 Å². The van der Waals surface area contributed by atoms with Crippen LogP contribution >= 0.6 is 0 Å². The Bertz CT molecular complexity index is 294. The fraction of sp³-hybridized carbons (Fsp3) is 1.00. The van der Waals surface area contributed by atoms with E-state index >= 15 is 0 Å². The minimum Gasteiger partial charge on any atom is -0.381 e. The van der Waals surface area contributed by atoms with E-state index in [-0.39, 0.29) is 11.8 Å². The van der Waals surface area contributed by atoms with Crippen LogP contribution in [0.3, 0.4) is 0 Å². The van der Waals surface area contributed by atoms with Crippen LogP contribution in [0.4, 0.5) is 0 Å². The minimum absolute atomic E-state index is 0.287. The summed E-state index contributed by atoms with van der Waals surface area (Å²) in [5, 5.41) is -0.336. The molecule has 0 aliphatic carbocycles. The van der Waals surface area contributed by atoms with Crippen LogP contribution in [0, 0.1) is 0 Å². The van der Waals surface area contributed by atoms with E-state index in [9.17, 15) is 8.42 Å². The van der Waals surface area contributed by atoms with Crippen LogP contribution in [0.25, 0.3) is 0 Å². The van der Waals surface area contributed by atoms with Crippen LogP contribution in [0.15, 0.2) is 0 Å². The van der Waals surface area contributed by atoms with Crippen molar-refractivity contribution in [1.82, 2.24) is 4.72 Å². The Kier molecular flexibility index (Phi) is 4.11. The second-order valence-corrected chi connectivity index (χ2v) is 6.51. The van der Waals surface area contributed by atoms with Gasteiger partial charge in [0.2, 0.25) is 10.0 Å². The number of rotatable bonds is 4. The average molecular weight is 236 g/mol. The Balaban J connectivity index is 2.65. The lowest BCUT2D eigenvalue weighted by Gasteiger charge is -2.29. The standard InChI is InChI=1S/C9H20N2O3S/c1-9(2,7-10)11-15(12,13)8-3-5-14-6-4-8/h8,11H,3-7,10H2,1-2H3. The Hall–Kier alpha value is -0.170. The molecule has 1 saturated heterocycles. The summed E-state index contributed by atoms with van der Waals surface area (Å²) < 4.78 is 31.7. The summed E-state index contributed by atoms with van der Waals surface area (Å²) in [4.78, 5) is 0. The molecule has 0 aromatic heterocycles. The normalized spacial score (nSPS) is 20.5. The Morgan fingerprint density at radius 3 is 2.40 bits per heavy atom. The van der Waals surface area contributed by atoms with Crippen LogP contribution in [0.1, 0.15) is 26.7 Å². The zero-order valence-corrected chi connectivity index (χ0v) is 10.1. The van der Waals surface area contributed by atoms with Gasteiger partial charge in [0.15, 0.2) is 0 Å². The number of sulfonamides is 1. The number of nitrogens with one attached hydrogen (secondary N) is 1. The number of hydrogen-bond acceptors (Lipinski definition) is 4. The molecule has 0 bridgehead atoms. The third-order valence-electron chi connectivity index (χ3n) is 2.54. The van der Waals surface area contributed by atoms with Gasteiger partial charge in [-0.2, -0.15) is 0 Å². The van der Waals surface area contributed by atoms with E-state index in [1.807, 2.05) is 0 Å². The summed E-state index contributed by atoms with van der Waals surface area (Å²) in [6.07, 6.45) is 1.13. The molecule has 1 heterocycles. The highest BCUT2D eigenvalue weighted by atomic mass is 32.2. The topological polar surface area (TPSA) is 81.4 Å². The fourth-order valence-corrected chi connectivity index (χ4v) is 3.33. The van der Waals surface area contributed by atoms with Crippen molar-refractivity contribution in [2.45, 2.75) is 37.5 Å². The summed E-state index contributed by atoms with van der Waals surface area (Å²) in [5.41, 5.74) is 4.92. The molecule has 0 aromatic rings. The highest BCUT2D eigenvalue weighted by Crippen LogP contribution is 2.16. The van der Waals surface area contributed by atoms with Crippen LogP contribution in [0.2, 0.25) is 0 Å². The van der Waals surface area contributed by atoms with Crippen LogP contribution in [-0.2, 0) is 14.8 Å². The summed E-state index contributed by atoms with van der Waals surface area (Å²) in [6.45, 7) is 4.90. The van der Waals surface area contributed by atoms with E-state index in [1.165, 1.54) is 0 Å². The third-order valence-corrected chi connectivity index (χ3v) is 4.72. The molecule has 5 nitrogen and oxygen atoms in total. The molecule has 0 spiro atoms. The Labute approximate surface area is 91.4 Å². The zero-order chi connectivity index (χ0) is 11.5. The Morgan fingerprint density at radius 1 is 1.40 bits per heavy atom. The van der Waals surface area contributed by atoms with Gasteiger partial charge in [-0.05, 0) is 26.7 Å². The molecule has 6 heteroatoms. The predicted octanol–water partition coefficient (Wildman–Crippen LogP) is -0.178. The van der Waals surface area contributed by atoms with Crippen molar-refractivity contribution in [1.29, 1.82) is 0 Å². The lowest BCUT2D eigenvalue weighted by atomic mass is 10.1. The predicted molar refractivity (Wildman–Crippen MR) is 59.0 cm³/mol. The van der Waals surface area contributed by atoms with Crippen molar-refractivity contribution in [2.24, 2.45) is 5.73 Å². The van der Waals surface area contributed by atoms with Gasteiger partial charge in [0, 0.05) is 25.3 Å². The average Bonchev–Trinajstić information content (AvgIpc) is 2.18. The molecular formula is C9H20N2O3S. The van der Waals surface area contributed by atoms with Crippen molar-refractivity contribution >= 4 is 10.0 Å². The minimum atomic E-state index is -3.26. The largest absolute Gasteiger partial charge is 0.381 e. The third kappa shape index (κ3) is 3.71. The van der Waals surface area contributed by atoms with Gasteiger partial charge in [-0.15, -0.1) is 0 Å². The van der Waals surface area contributed by atoms with Gasteiger partial charge in [-0.3, -0.25) is 0 Å². The zero-order valence-electron chi connectivity index (χ0n) is 9.32. The molecule has 3 N–H and O–H groups in total. The smallest absolute Gasteiger partial charge is 0.215 e. The number of ether oxygens (including phenoxy) is 1. The first-order chi connectivity index (χ1) is 6.87. The van der Waals surface area contributed by atoms with Crippen molar-refractivity contribution in [3.8, 4) is 0 Å². The second-order valence-electron chi connectivity index (χ2n) is 4.55. The molecule has 0 radical (unpaired) electrons. The highest BCUT2D eigenvalue weighted by molar-refractivity contribution is 7.90. The van der Waals surface area contributed by atoms with Gasteiger partial charge in [-0.1, -0.05) is 0 Å². The monoisotopic (exact) mass is 236 g/mol. The highest BCUT2D eigenvalue weighted by Gasteiger charge is 2.32. The first-order valence-electron chi connectivity index (χ1n) is 5.18. The van der Waals surface area contributed by atoms with E-state index in [0.29, 0.717) is 26.1 Å². The lowest BCUT2D eigenvalue weighted by molar-refractivity contribution is 0.0979. The molecule has 1 fully saturated rings. The number of nitrogens with two attached hydrogens (primary N) is 1. The maximum atomic E-state index is 11.9. The summed E-state index contributed by atoms with van der Waals surface area (Å²) in [6, 6.07) is 0. The van der Waals surface area contributed by atoms with Gasteiger partial charge in [0.05, 0.1) is 5.25 Å². The van der Waals surface area contributed by atoms with E-state index in [1.54, 1.807) is 13.8 Å². The van der Waals surface area contributed by atoms with Crippen LogP contribution < -0.4 is 10.5 Å². The first-order valence-corrected chi connectivity index (χ1v) is 6.73. The molecule has 90 valence electrons. The molecule has 1 aliphatic rings. The molecule has 0 amide bonds. The van der Waals surface area contributed by atoms with Gasteiger partial charge >= 0.3 is 0 Å². The summed E-state index contributed by atoms with van der Waals surface area (Å²) in [5.74, 6) is 0. The fourth-order valence-electron chi connectivity index (χ4n) is 1.50. The van der Waals surface area contributed by atoms with Crippen molar-refractivity contribution < 1.29 is 13.2 Å². The Morgan fingerprint density at radius 2 is 1.93 bits per heavy atom. The maximum Gasteiger partial charge on any atom is 0.215 e. The van der Waals surface area contributed by atoms with E-state index < -0.39 is 15.6 Å². The van der Waals surface area contributed by atoms with E-state index in [0.717, 1.165) is 0 Å². The molecule has 1 rings (SSSR count). The molecule has 15 heavy (non-hydrogen) atoms. The quantitative estimate of drug-likeness (QED) is 0.709. The van der Waals surface area contributed by atoms with Gasteiger partial charge in [0.1, 0.15) is 0 Å². The molecule has 0 saturated carbocycles. The lowest BCUT2D eigenvalue weighted by Crippen LogP contribution is -2.52. The molecule has 0 aromatic carbocycles. The molecule has 0 atom stereocenters. The molecule has 0 unspecified atom stereocenters. The van der Waals surface area contributed by atoms with Crippen molar-refractivity contribution in [3.05, 3.63) is 0 Å². The van der Waals surface area contributed by atoms with Gasteiger partial charge < -0.3 is 10.5 Å². The molecular weight excluding hydrogens is 216 g/mol. The second kappa shape index (κ2) is 4.78. The van der Waals surface area contributed by atoms with Crippen LogP contribution in [-0.4, -0.2) is 39.0 Å². The van der Waals surface area contributed by atoms with E-state index in [4.69, 9.17) is 10.5 Å². The first kappa shape index (κ1) is 12.9. The summed E-state index contributed by atoms with van der Waals surface area (Å²) in [7, 11) is -3.26. The number of hydrogen-bond donors (Lipinski definition) is 2. The van der Waals surface area contributed by atoms with Crippen molar-refractivity contribution in [3.63, 3.8) is 0 Å². The SMILES string of the molecule is CC(C)(CN)NS(=O)(=O)C1CCOCC1. The van der Waals surface area contributed by atoms with Gasteiger partial charge in [-0.25, -0.2) is 13.1 Å². The van der Waals surface area contributed by atoms with Gasteiger partial charge in [0.25, 0.3) is 0 Å².